The molecule has 10 rings (SSSR count). The van der Waals surface area contributed by atoms with E-state index in [0.29, 0.717) is 44.5 Å². The van der Waals surface area contributed by atoms with Crippen LogP contribution in [0.2, 0.25) is 0 Å². The molecule has 20 heteroatoms. The zero-order valence-corrected chi connectivity index (χ0v) is 42.1. The van der Waals surface area contributed by atoms with E-state index in [2.05, 4.69) is 56.7 Å². The van der Waals surface area contributed by atoms with Crippen molar-refractivity contribution in [3.63, 3.8) is 0 Å². The monoisotopic (exact) mass is 1040 g/mol. The van der Waals surface area contributed by atoms with E-state index in [4.69, 9.17) is 9.72 Å². The standard InChI is InChI=1S/C51H52BrFN11O6P/c1-60-29-32(25-55-60)36-23-40(57-51-54-26-38(52)47(59-51)56-39-13-12-34(31-8-6-5-7-9-31)45(53)46(39)71(3,4)69)43(70-2)24-42(36)62-20-18-61(19-21-62)27-30-16-17-63(28-30)33-10-11-35-37(22-33)50(68)64(49(35)67)41-14-15-44(65)58-48(41)66/h5-13,22-26,29-30,41H,14-21,27-28H2,1-4H3,(H,58,65,66)(H2,54,56,57,59). The molecule has 2 aromatic heterocycles. The molecule has 4 amide bonds. The average molecular weight is 1040 g/mol. The van der Waals surface area contributed by atoms with E-state index in [1.54, 1.807) is 55.6 Å². The molecule has 6 heterocycles. The summed E-state index contributed by atoms with van der Waals surface area (Å²) < 4.78 is 38.2. The SMILES string of the molecule is COc1cc(N2CCN(CC3CCN(c4ccc5c(c4)C(=O)N(C4CCC(=O)NC4=O)C5=O)C3)CC2)c(-c2cnn(C)c2)cc1Nc1ncc(Br)c(Nc2ccc(-c3ccccc3)c(F)c2P(C)(C)=O)n1. The minimum atomic E-state index is -3.13. The van der Waals surface area contributed by atoms with Crippen LogP contribution in [0.4, 0.5) is 38.9 Å². The summed E-state index contributed by atoms with van der Waals surface area (Å²) in [6.45, 7) is 8.83. The van der Waals surface area contributed by atoms with Crippen molar-refractivity contribution in [1.29, 1.82) is 0 Å². The number of nitrogens with one attached hydrogen (secondary N) is 3. The van der Waals surface area contributed by atoms with Crippen molar-refractivity contribution in [2.75, 3.05) is 86.7 Å². The van der Waals surface area contributed by atoms with Crippen LogP contribution in [0.5, 0.6) is 5.75 Å². The number of carbonyl (C=O) groups excluding carboxylic acids is 4. The number of amides is 4. The number of hydrogen-bond donors (Lipinski definition) is 3. The van der Waals surface area contributed by atoms with Gasteiger partial charge in [0.25, 0.3) is 11.8 Å². The summed E-state index contributed by atoms with van der Waals surface area (Å²) in [5.41, 5.74) is 6.26. The predicted octanol–water partition coefficient (Wildman–Crippen LogP) is 7.24. The van der Waals surface area contributed by atoms with Crippen molar-refractivity contribution in [2.24, 2.45) is 13.0 Å². The fourth-order valence-electron chi connectivity index (χ4n) is 10.1. The van der Waals surface area contributed by atoms with Crippen LogP contribution < -0.4 is 35.8 Å². The summed E-state index contributed by atoms with van der Waals surface area (Å²) in [6, 6.07) is 20.9. The number of halogens is 2. The van der Waals surface area contributed by atoms with Gasteiger partial charge < -0.3 is 29.7 Å². The number of anilines is 6. The number of carbonyl (C=O) groups is 4. The van der Waals surface area contributed by atoms with Crippen molar-refractivity contribution in [2.45, 2.75) is 25.3 Å². The second-order valence-corrected chi connectivity index (χ2v) is 22.7. The van der Waals surface area contributed by atoms with Crippen molar-refractivity contribution in [3.8, 4) is 28.0 Å². The molecule has 4 aromatic carbocycles. The first-order valence-electron chi connectivity index (χ1n) is 23.4. The average Bonchev–Trinajstić information content (AvgIpc) is 4.07. The summed E-state index contributed by atoms with van der Waals surface area (Å²) >= 11 is 3.55. The number of aryl methyl sites for hydroxylation is 1. The minimum absolute atomic E-state index is 0.0721. The number of imide groups is 2. The normalized spacial score (nSPS) is 18.5. The fraction of sp³-hybridized carbons (Fsp3) is 0.314. The van der Waals surface area contributed by atoms with Crippen LogP contribution >= 0.6 is 23.1 Å². The molecule has 2 unspecified atom stereocenters. The number of aromatic nitrogens is 4. The molecule has 2 atom stereocenters. The number of fused-ring (bicyclic) bond motifs is 1. The number of methoxy groups -OCH3 is 1. The number of piperidine rings is 1. The van der Waals surface area contributed by atoms with Crippen LogP contribution in [0, 0.1) is 11.7 Å². The molecule has 3 saturated heterocycles. The Balaban J connectivity index is 0.822. The third kappa shape index (κ3) is 9.53. The van der Waals surface area contributed by atoms with Gasteiger partial charge in [0.2, 0.25) is 17.8 Å². The third-order valence-corrected chi connectivity index (χ3v) is 15.7. The van der Waals surface area contributed by atoms with Crippen LogP contribution in [-0.2, 0) is 21.2 Å². The van der Waals surface area contributed by atoms with Gasteiger partial charge in [0.05, 0.1) is 45.6 Å². The number of ether oxygens (including phenoxy) is 1. The molecule has 3 fully saturated rings. The van der Waals surface area contributed by atoms with Crippen LogP contribution in [0.15, 0.2) is 95.9 Å². The Morgan fingerprint density at radius 2 is 1.59 bits per heavy atom. The van der Waals surface area contributed by atoms with E-state index in [1.165, 1.54) is 0 Å². The lowest BCUT2D eigenvalue weighted by Crippen LogP contribution is -2.54. The molecule has 0 saturated carbocycles. The van der Waals surface area contributed by atoms with Gasteiger partial charge >= 0.3 is 0 Å². The Morgan fingerprint density at radius 1 is 0.831 bits per heavy atom. The van der Waals surface area contributed by atoms with Crippen LogP contribution in [0.1, 0.15) is 40.0 Å². The van der Waals surface area contributed by atoms with Crippen molar-refractivity contribution >= 4 is 86.5 Å². The maximum Gasteiger partial charge on any atom is 0.262 e. The second-order valence-electron chi connectivity index (χ2n) is 18.7. The molecule has 71 heavy (non-hydrogen) atoms. The van der Waals surface area contributed by atoms with Crippen LogP contribution in [-0.4, -0.2) is 125 Å². The maximum atomic E-state index is 16.3. The summed E-state index contributed by atoms with van der Waals surface area (Å²) in [5, 5.41) is 13.4. The Labute approximate surface area is 418 Å². The Hall–Kier alpha value is -6.95. The lowest BCUT2D eigenvalue weighted by molar-refractivity contribution is -0.136. The molecule has 0 spiro atoms. The summed E-state index contributed by atoms with van der Waals surface area (Å²) in [4.78, 5) is 68.5. The largest absolute Gasteiger partial charge is 0.494 e. The highest BCUT2D eigenvalue weighted by Crippen LogP contribution is 2.44. The Kier molecular flexibility index (Phi) is 13.0. The van der Waals surface area contributed by atoms with Crippen LogP contribution in [0.25, 0.3) is 22.3 Å². The van der Waals surface area contributed by atoms with Crippen molar-refractivity contribution in [3.05, 3.63) is 113 Å². The Morgan fingerprint density at radius 3 is 2.31 bits per heavy atom. The Bertz CT molecular complexity index is 3160. The number of piperazine rings is 1. The van der Waals surface area contributed by atoms with Gasteiger partial charge in [0.15, 0.2) is 0 Å². The molecule has 4 aliphatic heterocycles. The quantitative estimate of drug-likeness (QED) is 0.0776. The molecule has 366 valence electrons. The molecule has 6 aromatic rings. The number of rotatable bonds is 13. The van der Waals surface area contributed by atoms with Gasteiger partial charge in [-0.3, -0.25) is 39.0 Å². The van der Waals surface area contributed by atoms with E-state index in [0.717, 1.165) is 79.6 Å². The van der Waals surface area contributed by atoms with Gasteiger partial charge in [0.1, 0.15) is 30.6 Å². The lowest BCUT2D eigenvalue weighted by atomic mass is 10.0. The number of nitrogens with zero attached hydrogens (tertiary/aromatic N) is 8. The first-order chi connectivity index (χ1) is 34.1. The molecular formula is C51H52BrFN11O6P. The van der Waals surface area contributed by atoms with Gasteiger partial charge in [-0.2, -0.15) is 10.1 Å². The highest BCUT2D eigenvalue weighted by Gasteiger charge is 2.45. The molecule has 0 bridgehead atoms. The summed E-state index contributed by atoms with van der Waals surface area (Å²) in [5.74, 6) is -1.05. The lowest BCUT2D eigenvalue weighted by Gasteiger charge is -2.38. The van der Waals surface area contributed by atoms with Gasteiger partial charge in [-0.15, -0.1) is 0 Å². The summed E-state index contributed by atoms with van der Waals surface area (Å²) in [6.07, 6.45) is 6.56. The summed E-state index contributed by atoms with van der Waals surface area (Å²) in [7, 11) is 0.364. The minimum Gasteiger partial charge on any atom is -0.494 e. The second kappa shape index (κ2) is 19.3. The van der Waals surface area contributed by atoms with Gasteiger partial charge in [-0.25, -0.2) is 9.37 Å². The zero-order valence-electron chi connectivity index (χ0n) is 39.6. The molecule has 0 aliphatic carbocycles. The number of benzene rings is 4. The molecule has 4 aliphatic rings. The third-order valence-electron chi connectivity index (χ3n) is 13.6. The molecule has 0 radical (unpaired) electrons. The first kappa shape index (κ1) is 47.7. The van der Waals surface area contributed by atoms with Crippen LogP contribution in [0.3, 0.4) is 0 Å². The van der Waals surface area contributed by atoms with Gasteiger partial charge in [-0.1, -0.05) is 30.3 Å². The smallest absolute Gasteiger partial charge is 0.262 e. The van der Waals surface area contributed by atoms with E-state index >= 15 is 4.39 Å². The zero-order chi connectivity index (χ0) is 49.7. The number of hydrogen-bond acceptors (Lipinski definition) is 14. The molecule has 17 nitrogen and oxygen atoms in total. The predicted molar refractivity (Wildman–Crippen MR) is 275 cm³/mol. The molecular weight excluding hydrogens is 993 g/mol. The maximum absolute atomic E-state index is 16.3. The van der Waals surface area contributed by atoms with E-state index in [-0.39, 0.29) is 35.2 Å². The highest BCUT2D eigenvalue weighted by atomic mass is 79.9. The fourth-order valence-corrected chi connectivity index (χ4v) is 11.7. The van der Waals surface area contributed by atoms with Crippen molar-refractivity contribution < 1.29 is 32.9 Å². The first-order valence-corrected chi connectivity index (χ1v) is 26.8. The molecule has 3 N–H and O–H groups in total. The highest BCUT2D eigenvalue weighted by molar-refractivity contribution is 9.10. The van der Waals surface area contributed by atoms with Crippen molar-refractivity contribution in [1.82, 2.24) is 34.9 Å². The van der Waals surface area contributed by atoms with E-state index in [9.17, 15) is 23.7 Å². The van der Waals surface area contributed by atoms with Gasteiger partial charge in [0, 0.05) is 106 Å². The van der Waals surface area contributed by atoms with E-state index in [1.807, 2.05) is 68.0 Å². The van der Waals surface area contributed by atoms with E-state index < -0.39 is 42.6 Å². The topological polar surface area (TPSA) is 187 Å². The van der Waals surface area contributed by atoms with Gasteiger partial charge in [-0.05, 0) is 90.0 Å².